The van der Waals surface area contributed by atoms with E-state index in [4.69, 9.17) is 0 Å². The number of halogens is 1. The second-order valence-electron chi connectivity index (χ2n) is 4.62. The van der Waals surface area contributed by atoms with Gasteiger partial charge in [0, 0.05) is 33.7 Å². The quantitative estimate of drug-likeness (QED) is 0.807. The third-order valence-corrected chi connectivity index (χ3v) is 4.86. The van der Waals surface area contributed by atoms with Crippen molar-refractivity contribution in [1.82, 2.24) is 10.3 Å². The molecule has 1 aromatic heterocycles. The molecule has 0 spiro atoms. The first kappa shape index (κ1) is 15.5. The van der Waals surface area contributed by atoms with E-state index in [-0.39, 0.29) is 6.04 Å². The third kappa shape index (κ3) is 3.81. The predicted octanol–water partition coefficient (Wildman–Crippen LogP) is 4.41. The molecule has 3 nitrogen and oxygen atoms in total. The lowest BCUT2D eigenvalue weighted by molar-refractivity contribution is 0.440. The Morgan fingerprint density at radius 3 is 2.85 bits per heavy atom. The zero-order valence-corrected chi connectivity index (χ0v) is 14.1. The zero-order chi connectivity index (χ0) is 14.5. The highest BCUT2D eigenvalue weighted by atomic mass is 79.9. The second-order valence-corrected chi connectivity index (χ2v) is 6.73. The minimum atomic E-state index is 0.126. The average molecular weight is 355 g/mol. The average Bonchev–Trinajstić information content (AvgIpc) is 2.91. The molecule has 1 heterocycles. The number of nitrogens with one attached hydrogen (secondary N) is 1. The van der Waals surface area contributed by atoms with E-state index in [1.54, 1.807) is 17.4 Å². The summed E-state index contributed by atoms with van der Waals surface area (Å²) in [4.78, 5) is 5.72. The molecule has 2 aromatic rings. The summed E-state index contributed by atoms with van der Waals surface area (Å²) in [5.41, 5.74) is 0.925. The molecule has 0 aliphatic rings. The number of aromatic hydroxyl groups is 1. The number of phenolic OH excluding ortho intramolecular Hbond substituents is 1. The molecule has 20 heavy (non-hydrogen) atoms. The SMILES string of the molecule is CCc1cnc(CNC(CC)c2cc(Br)ccc2O)s1. The van der Waals surface area contributed by atoms with Crippen molar-refractivity contribution in [3.8, 4) is 5.75 Å². The van der Waals surface area contributed by atoms with E-state index in [2.05, 4.69) is 40.1 Å². The van der Waals surface area contributed by atoms with Gasteiger partial charge in [0.05, 0.1) is 0 Å². The van der Waals surface area contributed by atoms with E-state index in [9.17, 15) is 5.11 Å². The number of thiazole rings is 1. The second kappa shape index (κ2) is 7.20. The van der Waals surface area contributed by atoms with Gasteiger partial charge in [0.25, 0.3) is 0 Å². The van der Waals surface area contributed by atoms with Crippen LogP contribution in [0.2, 0.25) is 0 Å². The van der Waals surface area contributed by atoms with Crippen molar-refractivity contribution in [3.63, 3.8) is 0 Å². The standard InChI is InChI=1S/C15H19BrN2OS/c1-3-11-8-18-15(20-11)9-17-13(4-2)12-7-10(16)5-6-14(12)19/h5-8,13,17,19H,3-4,9H2,1-2H3. The molecule has 1 aromatic carbocycles. The molecule has 0 saturated carbocycles. The van der Waals surface area contributed by atoms with Crippen molar-refractivity contribution in [2.45, 2.75) is 39.3 Å². The van der Waals surface area contributed by atoms with Crippen LogP contribution < -0.4 is 5.32 Å². The molecule has 0 aliphatic carbocycles. The van der Waals surface area contributed by atoms with Crippen molar-refractivity contribution in [3.05, 3.63) is 44.3 Å². The van der Waals surface area contributed by atoms with Crippen LogP contribution in [-0.2, 0) is 13.0 Å². The molecule has 0 amide bonds. The van der Waals surface area contributed by atoms with Gasteiger partial charge in [-0.2, -0.15) is 0 Å². The lowest BCUT2D eigenvalue weighted by atomic mass is 10.0. The van der Waals surface area contributed by atoms with Crippen molar-refractivity contribution >= 4 is 27.3 Å². The Kier molecular flexibility index (Phi) is 5.57. The van der Waals surface area contributed by atoms with E-state index in [1.807, 2.05) is 18.3 Å². The molecule has 108 valence electrons. The van der Waals surface area contributed by atoms with Crippen molar-refractivity contribution in [1.29, 1.82) is 0 Å². The molecular formula is C15H19BrN2OS. The van der Waals surface area contributed by atoms with Crippen LogP contribution in [-0.4, -0.2) is 10.1 Å². The van der Waals surface area contributed by atoms with Crippen LogP contribution in [0.1, 0.15) is 41.8 Å². The summed E-state index contributed by atoms with van der Waals surface area (Å²) in [7, 11) is 0. The van der Waals surface area contributed by atoms with Gasteiger partial charge in [0.2, 0.25) is 0 Å². The highest BCUT2D eigenvalue weighted by molar-refractivity contribution is 9.10. The largest absolute Gasteiger partial charge is 0.508 e. The fourth-order valence-corrected chi connectivity index (χ4v) is 3.27. The molecule has 0 fully saturated rings. The van der Waals surface area contributed by atoms with Crippen LogP contribution in [0.4, 0.5) is 0 Å². The van der Waals surface area contributed by atoms with Gasteiger partial charge in [-0.25, -0.2) is 4.98 Å². The van der Waals surface area contributed by atoms with E-state index >= 15 is 0 Å². The molecule has 0 saturated heterocycles. The van der Waals surface area contributed by atoms with Crippen LogP contribution >= 0.6 is 27.3 Å². The van der Waals surface area contributed by atoms with Gasteiger partial charge < -0.3 is 10.4 Å². The number of hydrogen-bond acceptors (Lipinski definition) is 4. The fourth-order valence-electron chi connectivity index (χ4n) is 2.08. The van der Waals surface area contributed by atoms with Crippen molar-refractivity contribution in [2.75, 3.05) is 0 Å². The van der Waals surface area contributed by atoms with Crippen LogP contribution in [0.25, 0.3) is 0 Å². The number of benzene rings is 1. The molecular weight excluding hydrogens is 336 g/mol. The smallest absolute Gasteiger partial charge is 0.120 e. The van der Waals surface area contributed by atoms with Crippen LogP contribution in [0.5, 0.6) is 5.75 Å². The Labute approximate surface area is 132 Å². The maximum atomic E-state index is 10.0. The van der Waals surface area contributed by atoms with Gasteiger partial charge >= 0.3 is 0 Å². The molecule has 1 unspecified atom stereocenters. The van der Waals surface area contributed by atoms with Gasteiger partial charge in [0.1, 0.15) is 10.8 Å². The first-order chi connectivity index (χ1) is 9.63. The summed E-state index contributed by atoms with van der Waals surface area (Å²) in [6, 6.07) is 5.67. The molecule has 1 atom stereocenters. The van der Waals surface area contributed by atoms with E-state index < -0.39 is 0 Å². The highest BCUT2D eigenvalue weighted by Crippen LogP contribution is 2.29. The summed E-state index contributed by atoms with van der Waals surface area (Å²) in [6.45, 7) is 4.98. The first-order valence-electron chi connectivity index (χ1n) is 6.79. The molecule has 0 bridgehead atoms. The van der Waals surface area contributed by atoms with Gasteiger partial charge in [-0.15, -0.1) is 11.3 Å². The summed E-state index contributed by atoms with van der Waals surface area (Å²) >= 11 is 5.20. The minimum absolute atomic E-state index is 0.126. The van der Waals surface area contributed by atoms with Crippen LogP contribution in [0, 0.1) is 0 Å². The molecule has 2 N–H and O–H groups in total. The normalized spacial score (nSPS) is 12.6. The topological polar surface area (TPSA) is 45.2 Å². The molecule has 2 rings (SSSR count). The van der Waals surface area contributed by atoms with E-state index in [0.29, 0.717) is 5.75 Å². The van der Waals surface area contributed by atoms with Crippen LogP contribution in [0.3, 0.4) is 0 Å². The lowest BCUT2D eigenvalue weighted by Gasteiger charge is -2.18. The van der Waals surface area contributed by atoms with Gasteiger partial charge in [-0.1, -0.05) is 29.8 Å². The summed E-state index contributed by atoms with van der Waals surface area (Å²) < 4.78 is 0.980. The molecule has 0 radical (unpaired) electrons. The number of nitrogens with zero attached hydrogens (tertiary/aromatic N) is 1. The maximum Gasteiger partial charge on any atom is 0.120 e. The monoisotopic (exact) mass is 354 g/mol. The first-order valence-corrected chi connectivity index (χ1v) is 8.40. The summed E-state index contributed by atoms with van der Waals surface area (Å²) in [6.07, 6.45) is 3.89. The van der Waals surface area contributed by atoms with Gasteiger partial charge in [-0.05, 0) is 31.0 Å². The Morgan fingerprint density at radius 1 is 1.40 bits per heavy atom. The van der Waals surface area contributed by atoms with Crippen molar-refractivity contribution in [2.24, 2.45) is 0 Å². The minimum Gasteiger partial charge on any atom is -0.508 e. The number of aromatic nitrogens is 1. The fraction of sp³-hybridized carbons (Fsp3) is 0.400. The number of phenols is 1. The number of aryl methyl sites for hydroxylation is 1. The maximum absolute atomic E-state index is 10.0. The Balaban J connectivity index is 2.07. The zero-order valence-electron chi connectivity index (χ0n) is 11.7. The van der Waals surface area contributed by atoms with Crippen LogP contribution in [0.15, 0.2) is 28.9 Å². The lowest BCUT2D eigenvalue weighted by Crippen LogP contribution is -2.20. The summed E-state index contributed by atoms with van der Waals surface area (Å²) in [5, 5.41) is 14.6. The predicted molar refractivity (Wildman–Crippen MR) is 87.2 cm³/mol. The Hall–Kier alpha value is -0.910. The Morgan fingerprint density at radius 2 is 2.20 bits per heavy atom. The van der Waals surface area contributed by atoms with Gasteiger partial charge in [-0.3, -0.25) is 0 Å². The summed E-state index contributed by atoms with van der Waals surface area (Å²) in [5.74, 6) is 0.334. The third-order valence-electron chi connectivity index (χ3n) is 3.22. The number of hydrogen-bond donors (Lipinski definition) is 2. The highest BCUT2D eigenvalue weighted by Gasteiger charge is 2.14. The van der Waals surface area contributed by atoms with Crippen molar-refractivity contribution < 1.29 is 5.11 Å². The Bertz CT molecular complexity index is 571. The van der Waals surface area contributed by atoms with E-state index in [0.717, 1.165) is 34.4 Å². The number of rotatable bonds is 6. The molecule has 5 heteroatoms. The van der Waals surface area contributed by atoms with E-state index in [1.165, 1.54) is 4.88 Å². The van der Waals surface area contributed by atoms with Gasteiger partial charge in [0.15, 0.2) is 0 Å². The molecule has 0 aliphatic heterocycles.